The summed E-state index contributed by atoms with van der Waals surface area (Å²) < 4.78 is 30.1. The lowest BCUT2D eigenvalue weighted by molar-refractivity contribution is -0.107. The quantitative estimate of drug-likeness (QED) is 0.395. The predicted molar refractivity (Wildman–Crippen MR) is 117 cm³/mol. The van der Waals surface area contributed by atoms with Crippen molar-refractivity contribution in [1.29, 1.82) is 0 Å². The molecule has 0 saturated carbocycles. The van der Waals surface area contributed by atoms with E-state index in [1.165, 1.54) is 25.3 Å². The van der Waals surface area contributed by atoms with E-state index in [2.05, 4.69) is 10.1 Å². The SMILES string of the molecule is COc1cc(CC=O)c(O)cc1OCCCN1CCC(c2onc3cc(F)ccc23)CC1. The van der Waals surface area contributed by atoms with Crippen LogP contribution in [0, 0.1) is 5.82 Å². The van der Waals surface area contributed by atoms with E-state index in [0.717, 1.165) is 56.3 Å². The highest BCUT2D eigenvalue weighted by Crippen LogP contribution is 2.35. The second kappa shape index (κ2) is 9.99. The Morgan fingerprint density at radius 1 is 1.25 bits per heavy atom. The number of benzene rings is 2. The maximum Gasteiger partial charge on any atom is 0.164 e. The summed E-state index contributed by atoms with van der Waals surface area (Å²) in [6.07, 6.45) is 3.61. The second-order valence-electron chi connectivity index (χ2n) is 8.03. The lowest BCUT2D eigenvalue weighted by atomic mass is 9.92. The van der Waals surface area contributed by atoms with Crippen LogP contribution in [0.4, 0.5) is 4.39 Å². The normalized spacial score (nSPS) is 15.2. The molecule has 1 aliphatic rings. The average Bonchev–Trinajstić information content (AvgIpc) is 3.21. The molecule has 8 heteroatoms. The molecule has 170 valence electrons. The van der Waals surface area contributed by atoms with Gasteiger partial charge in [0.2, 0.25) is 0 Å². The van der Waals surface area contributed by atoms with Crippen molar-refractivity contribution >= 4 is 17.2 Å². The van der Waals surface area contributed by atoms with Crippen LogP contribution in [-0.2, 0) is 11.2 Å². The number of hydrogen-bond donors (Lipinski definition) is 1. The topological polar surface area (TPSA) is 85.0 Å². The molecule has 0 bridgehead atoms. The summed E-state index contributed by atoms with van der Waals surface area (Å²) in [6, 6.07) is 7.73. The molecule has 1 N–H and O–H groups in total. The number of nitrogens with zero attached hydrogens (tertiary/aromatic N) is 2. The fourth-order valence-corrected chi connectivity index (χ4v) is 4.24. The van der Waals surface area contributed by atoms with Gasteiger partial charge in [-0.25, -0.2) is 4.39 Å². The van der Waals surface area contributed by atoms with Crippen molar-refractivity contribution in [2.45, 2.75) is 31.6 Å². The number of phenolic OH excluding ortho intramolecular Hbond substituents is 1. The minimum Gasteiger partial charge on any atom is -0.508 e. The third-order valence-electron chi connectivity index (χ3n) is 5.97. The Labute approximate surface area is 185 Å². The highest BCUT2D eigenvalue weighted by molar-refractivity contribution is 5.80. The Bertz CT molecular complexity index is 1080. The summed E-state index contributed by atoms with van der Waals surface area (Å²) in [5.74, 6) is 1.83. The molecule has 1 aliphatic heterocycles. The number of methoxy groups -OCH3 is 1. The summed E-state index contributed by atoms with van der Waals surface area (Å²) >= 11 is 0. The van der Waals surface area contributed by atoms with Gasteiger partial charge in [0.1, 0.15) is 29.1 Å². The Morgan fingerprint density at radius 3 is 2.81 bits per heavy atom. The van der Waals surface area contributed by atoms with Crippen molar-refractivity contribution in [2.75, 3.05) is 33.4 Å². The molecule has 0 amide bonds. The second-order valence-corrected chi connectivity index (χ2v) is 8.03. The number of fused-ring (bicyclic) bond motifs is 1. The molecule has 1 fully saturated rings. The van der Waals surface area contributed by atoms with Gasteiger partial charge in [-0.1, -0.05) is 5.16 Å². The van der Waals surface area contributed by atoms with E-state index in [4.69, 9.17) is 14.0 Å². The van der Waals surface area contributed by atoms with Gasteiger partial charge in [0.05, 0.1) is 13.7 Å². The van der Waals surface area contributed by atoms with Crippen LogP contribution in [0.3, 0.4) is 0 Å². The molecular weight excluding hydrogens is 415 g/mol. The summed E-state index contributed by atoms with van der Waals surface area (Å²) in [4.78, 5) is 13.1. The highest BCUT2D eigenvalue weighted by Gasteiger charge is 2.25. The third kappa shape index (κ3) is 4.85. The van der Waals surface area contributed by atoms with Crippen LogP contribution < -0.4 is 9.47 Å². The Kier molecular flexibility index (Phi) is 6.90. The molecule has 0 radical (unpaired) electrons. The van der Waals surface area contributed by atoms with Crippen molar-refractivity contribution in [3.63, 3.8) is 0 Å². The molecule has 2 aromatic carbocycles. The van der Waals surface area contributed by atoms with Crippen LogP contribution in [0.2, 0.25) is 0 Å². The van der Waals surface area contributed by atoms with Gasteiger partial charge in [-0.05, 0) is 50.6 Å². The number of hydrogen-bond acceptors (Lipinski definition) is 7. The van der Waals surface area contributed by atoms with Crippen molar-refractivity contribution in [2.24, 2.45) is 0 Å². The largest absolute Gasteiger partial charge is 0.508 e. The van der Waals surface area contributed by atoms with Gasteiger partial charge in [-0.2, -0.15) is 0 Å². The molecule has 0 spiro atoms. The minimum atomic E-state index is -0.306. The van der Waals surface area contributed by atoms with Gasteiger partial charge in [0.25, 0.3) is 0 Å². The van der Waals surface area contributed by atoms with E-state index in [0.29, 0.717) is 29.2 Å². The minimum absolute atomic E-state index is 0.0256. The number of phenols is 1. The van der Waals surface area contributed by atoms with Gasteiger partial charge in [-0.15, -0.1) is 0 Å². The van der Waals surface area contributed by atoms with E-state index in [-0.39, 0.29) is 23.9 Å². The molecule has 0 atom stereocenters. The molecule has 0 aliphatic carbocycles. The van der Waals surface area contributed by atoms with Crippen molar-refractivity contribution in [3.05, 3.63) is 47.5 Å². The van der Waals surface area contributed by atoms with E-state index < -0.39 is 0 Å². The number of halogens is 1. The molecular formula is C24H27FN2O5. The summed E-state index contributed by atoms with van der Waals surface area (Å²) in [5.41, 5.74) is 1.08. The standard InChI is InChI=1S/C24H27FN2O5/c1-30-22-13-17(7-11-28)21(29)15-23(22)31-12-2-8-27-9-5-16(6-10-27)24-19-4-3-18(25)14-20(19)26-32-24/h3-4,11,13-16,29H,2,5-10,12H2,1H3. The van der Waals surface area contributed by atoms with Gasteiger partial charge in [0, 0.05) is 42.0 Å². The zero-order chi connectivity index (χ0) is 22.5. The van der Waals surface area contributed by atoms with E-state index >= 15 is 0 Å². The number of carbonyl (C=O) groups excluding carboxylic acids is 1. The van der Waals surface area contributed by atoms with Gasteiger partial charge in [0.15, 0.2) is 11.5 Å². The van der Waals surface area contributed by atoms with Crippen molar-refractivity contribution < 1.29 is 28.3 Å². The predicted octanol–water partition coefficient (Wildman–Crippen LogP) is 4.07. The molecule has 0 unspecified atom stereocenters. The van der Waals surface area contributed by atoms with E-state index in [9.17, 15) is 14.3 Å². The van der Waals surface area contributed by atoms with Crippen LogP contribution >= 0.6 is 0 Å². The zero-order valence-electron chi connectivity index (χ0n) is 18.1. The van der Waals surface area contributed by atoms with Gasteiger partial charge in [-0.3, -0.25) is 0 Å². The average molecular weight is 442 g/mol. The lowest BCUT2D eigenvalue weighted by Crippen LogP contribution is -2.34. The molecule has 3 aromatic rings. The van der Waals surface area contributed by atoms with Crippen LogP contribution in [0.15, 0.2) is 34.9 Å². The number of likely N-dealkylation sites (tertiary alicyclic amines) is 1. The number of aromatic hydroxyl groups is 1. The molecule has 32 heavy (non-hydrogen) atoms. The Morgan fingerprint density at radius 2 is 2.06 bits per heavy atom. The first-order valence-electron chi connectivity index (χ1n) is 10.8. The molecule has 7 nitrogen and oxygen atoms in total. The van der Waals surface area contributed by atoms with Crippen LogP contribution in [0.1, 0.15) is 36.5 Å². The maximum absolute atomic E-state index is 13.4. The molecule has 1 aromatic heterocycles. The highest BCUT2D eigenvalue weighted by atomic mass is 19.1. The fourth-order valence-electron chi connectivity index (χ4n) is 4.24. The third-order valence-corrected chi connectivity index (χ3v) is 5.97. The number of carbonyl (C=O) groups is 1. The lowest BCUT2D eigenvalue weighted by Gasteiger charge is -2.30. The number of ether oxygens (including phenoxy) is 2. The summed E-state index contributed by atoms with van der Waals surface area (Å²) in [5, 5.41) is 15.0. The van der Waals surface area contributed by atoms with Crippen LogP contribution in [0.5, 0.6) is 17.2 Å². The summed E-state index contributed by atoms with van der Waals surface area (Å²) in [7, 11) is 1.53. The Balaban J connectivity index is 1.25. The number of piperidine rings is 1. The smallest absolute Gasteiger partial charge is 0.164 e. The van der Waals surface area contributed by atoms with Gasteiger partial charge >= 0.3 is 0 Å². The molecule has 4 rings (SSSR count). The fraction of sp³-hybridized carbons (Fsp3) is 0.417. The van der Waals surface area contributed by atoms with Crippen LogP contribution in [-0.4, -0.2) is 54.8 Å². The monoisotopic (exact) mass is 442 g/mol. The van der Waals surface area contributed by atoms with E-state index in [1.54, 1.807) is 12.1 Å². The van der Waals surface area contributed by atoms with Crippen molar-refractivity contribution in [1.82, 2.24) is 10.1 Å². The first-order chi connectivity index (χ1) is 15.6. The molecule has 1 saturated heterocycles. The first-order valence-corrected chi connectivity index (χ1v) is 10.8. The van der Waals surface area contributed by atoms with Gasteiger partial charge < -0.3 is 28.8 Å². The van der Waals surface area contributed by atoms with E-state index in [1.807, 2.05) is 0 Å². The first kappa shape index (κ1) is 22.1. The summed E-state index contributed by atoms with van der Waals surface area (Å²) in [6.45, 7) is 3.27. The number of aldehydes is 1. The zero-order valence-corrected chi connectivity index (χ0v) is 18.1. The van der Waals surface area contributed by atoms with Crippen molar-refractivity contribution in [3.8, 4) is 17.2 Å². The molecule has 2 heterocycles. The van der Waals surface area contributed by atoms with Crippen LogP contribution in [0.25, 0.3) is 10.9 Å². The Hall–Kier alpha value is -3.13. The number of aromatic nitrogens is 1. The number of rotatable bonds is 9. The maximum atomic E-state index is 13.4.